The average molecular weight is 744 g/mol. The highest BCUT2D eigenvalue weighted by Crippen LogP contribution is 2.40. The van der Waals surface area contributed by atoms with Gasteiger partial charge in [0.15, 0.2) is 5.82 Å². The molecule has 1 saturated heterocycles. The van der Waals surface area contributed by atoms with Gasteiger partial charge in [-0.2, -0.15) is 0 Å². The van der Waals surface area contributed by atoms with Gasteiger partial charge in [-0.15, -0.1) is 0 Å². The summed E-state index contributed by atoms with van der Waals surface area (Å²) in [7, 11) is 5.44. The Morgan fingerprint density at radius 3 is 2.65 bits per heavy atom. The van der Waals surface area contributed by atoms with E-state index in [1.54, 1.807) is 31.5 Å². The molecule has 1 aromatic carbocycles. The highest BCUT2D eigenvalue weighted by Gasteiger charge is 2.27. The number of amides is 2. The molecule has 0 saturated carbocycles. The molecule has 13 nitrogen and oxygen atoms in total. The van der Waals surface area contributed by atoms with Gasteiger partial charge >= 0.3 is 0 Å². The summed E-state index contributed by atoms with van der Waals surface area (Å²) in [6.07, 6.45) is 5.64. The Kier molecular flexibility index (Phi) is 10.3. The van der Waals surface area contributed by atoms with Crippen LogP contribution in [0.3, 0.4) is 0 Å². The number of carbonyl (C=O) groups excluding carboxylic acids is 2. The molecule has 5 aromatic rings. The second-order valence-electron chi connectivity index (χ2n) is 13.2. The lowest BCUT2D eigenvalue weighted by molar-refractivity contribution is -0.119. The molecule has 2 aliphatic rings. The number of hydrogen-bond donors (Lipinski definition) is 3. The van der Waals surface area contributed by atoms with Crippen molar-refractivity contribution in [1.82, 2.24) is 44.6 Å². The van der Waals surface area contributed by atoms with Gasteiger partial charge < -0.3 is 29.8 Å². The van der Waals surface area contributed by atoms with E-state index in [4.69, 9.17) is 37.9 Å². The van der Waals surface area contributed by atoms with Crippen molar-refractivity contribution in [2.75, 3.05) is 25.5 Å². The van der Waals surface area contributed by atoms with E-state index in [9.17, 15) is 9.59 Å². The number of anilines is 1. The summed E-state index contributed by atoms with van der Waals surface area (Å²) in [6.45, 7) is 5.45. The van der Waals surface area contributed by atoms with Crippen molar-refractivity contribution in [2.24, 2.45) is 14.1 Å². The highest BCUT2D eigenvalue weighted by molar-refractivity contribution is 6.39. The zero-order valence-electron chi connectivity index (χ0n) is 29.5. The van der Waals surface area contributed by atoms with E-state index in [1.807, 2.05) is 47.8 Å². The Morgan fingerprint density at radius 1 is 1.06 bits per heavy atom. The quantitative estimate of drug-likeness (QED) is 0.169. The maximum Gasteiger partial charge on any atom is 0.291 e. The second kappa shape index (κ2) is 15.0. The number of pyridine rings is 2. The number of hydrogen-bond acceptors (Lipinski definition) is 9. The van der Waals surface area contributed by atoms with Gasteiger partial charge in [0.2, 0.25) is 11.8 Å². The molecule has 52 heavy (non-hydrogen) atoms. The Hall–Kier alpha value is -4.82. The SMILES string of the molecule is COc1nc(-c2ccnc(-c3cccc(NC(=O)c4nc5c(n4C)CCN(Cc4ncn(C)c4C)C5)c3Cl)c2Cl)ccc1CNC[C@H]1CCC(=O)N1. The first-order valence-electron chi connectivity index (χ1n) is 17.1. The van der Waals surface area contributed by atoms with Crippen molar-refractivity contribution in [2.45, 2.75) is 51.9 Å². The molecular formula is C37H40Cl2N10O3. The molecule has 2 aliphatic heterocycles. The molecule has 6 heterocycles. The lowest BCUT2D eigenvalue weighted by atomic mass is 10.1. The summed E-state index contributed by atoms with van der Waals surface area (Å²) in [5.41, 5.74) is 7.64. The molecule has 1 atom stereocenters. The molecule has 15 heteroatoms. The van der Waals surface area contributed by atoms with Crippen LogP contribution in [0.15, 0.2) is 48.9 Å². The van der Waals surface area contributed by atoms with E-state index in [-0.39, 0.29) is 17.9 Å². The monoisotopic (exact) mass is 742 g/mol. The second-order valence-corrected chi connectivity index (χ2v) is 13.9. The smallest absolute Gasteiger partial charge is 0.291 e. The van der Waals surface area contributed by atoms with Crippen molar-refractivity contribution in [3.63, 3.8) is 0 Å². The van der Waals surface area contributed by atoms with E-state index in [0.29, 0.717) is 76.0 Å². The van der Waals surface area contributed by atoms with Crippen molar-refractivity contribution >= 4 is 40.7 Å². The predicted molar refractivity (Wildman–Crippen MR) is 199 cm³/mol. The molecule has 1 fully saturated rings. The third-order valence-electron chi connectivity index (χ3n) is 9.84. The number of imidazole rings is 2. The van der Waals surface area contributed by atoms with Crippen LogP contribution in [0.1, 0.15) is 51.8 Å². The van der Waals surface area contributed by atoms with Crippen LogP contribution in [0.2, 0.25) is 10.0 Å². The predicted octanol–water partition coefficient (Wildman–Crippen LogP) is 5.08. The molecule has 3 N–H and O–H groups in total. The Labute approximate surface area is 311 Å². The number of halogens is 2. The van der Waals surface area contributed by atoms with E-state index in [0.717, 1.165) is 54.3 Å². The van der Waals surface area contributed by atoms with Gasteiger partial charge in [0.05, 0.1) is 51.9 Å². The Balaban J connectivity index is 1.07. The van der Waals surface area contributed by atoms with Crippen molar-refractivity contribution in [3.05, 3.63) is 93.1 Å². The van der Waals surface area contributed by atoms with E-state index in [1.165, 1.54) is 0 Å². The summed E-state index contributed by atoms with van der Waals surface area (Å²) in [6, 6.07) is 11.1. The standard InChI is InChI=1S/C37H40Cl2N10O3/c1-21-28(42-20-47(21)2)18-49-15-13-30-29(19-49)44-35(48(30)3)36(51)45-27-7-5-6-25(32(27)38)34-33(39)24(12-14-41-34)26-10-8-22(37(46-26)52-4)16-40-17-23-9-11-31(50)43-23/h5-8,10,12,14,20,23,40H,9,11,13,15-19H2,1-4H3,(H,43,50)(H,45,51)/t23-/m1/s1. The topological polar surface area (TPSA) is 144 Å². The fraction of sp³-hybridized carbons (Fsp3) is 0.351. The molecule has 4 aromatic heterocycles. The first kappa shape index (κ1) is 35.6. The molecule has 0 radical (unpaired) electrons. The number of nitrogens with one attached hydrogen (secondary N) is 3. The van der Waals surface area contributed by atoms with Gasteiger partial charge in [-0.25, -0.2) is 15.0 Å². The number of rotatable bonds is 11. The lowest BCUT2D eigenvalue weighted by Crippen LogP contribution is -2.35. The zero-order valence-corrected chi connectivity index (χ0v) is 31.0. The first-order chi connectivity index (χ1) is 25.1. The van der Waals surface area contributed by atoms with Gasteiger partial charge in [-0.05, 0) is 31.5 Å². The van der Waals surface area contributed by atoms with Crippen LogP contribution >= 0.6 is 23.2 Å². The van der Waals surface area contributed by atoms with Crippen molar-refractivity contribution in [1.29, 1.82) is 0 Å². The van der Waals surface area contributed by atoms with Crippen LogP contribution in [-0.2, 0) is 44.9 Å². The number of methoxy groups -OCH3 is 1. The summed E-state index contributed by atoms with van der Waals surface area (Å²) in [4.78, 5) is 46.1. The van der Waals surface area contributed by atoms with Gasteiger partial charge in [0.25, 0.3) is 5.91 Å². The number of nitrogens with zero attached hydrogens (tertiary/aromatic N) is 7. The Morgan fingerprint density at radius 2 is 1.90 bits per heavy atom. The largest absolute Gasteiger partial charge is 0.481 e. The van der Waals surface area contributed by atoms with Crippen LogP contribution in [0, 0.1) is 6.92 Å². The summed E-state index contributed by atoms with van der Waals surface area (Å²) in [5.74, 6) is 0.494. The fourth-order valence-corrected chi connectivity index (χ4v) is 7.36. The van der Waals surface area contributed by atoms with Crippen LogP contribution < -0.4 is 20.7 Å². The molecule has 0 spiro atoms. The van der Waals surface area contributed by atoms with Crippen LogP contribution in [0.5, 0.6) is 5.88 Å². The number of benzene rings is 1. The minimum absolute atomic E-state index is 0.0875. The van der Waals surface area contributed by atoms with Gasteiger partial charge in [-0.3, -0.25) is 19.5 Å². The maximum absolute atomic E-state index is 13.6. The lowest BCUT2D eigenvalue weighted by Gasteiger charge is -2.26. The van der Waals surface area contributed by atoms with Gasteiger partial charge in [-0.1, -0.05) is 41.4 Å². The van der Waals surface area contributed by atoms with Crippen LogP contribution in [0.25, 0.3) is 22.5 Å². The number of aryl methyl sites for hydroxylation is 1. The minimum atomic E-state index is -0.366. The number of fused-ring (bicyclic) bond motifs is 1. The van der Waals surface area contributed by atoms with Crippen LogP contribution in [0.4, 0.5) is 5.69 Å². The van der Waals surface area contributed by atoms with Crippen LogP contribution in [-0.4, -0.2) is 72.0 Å². The number of aromatic nitrogens is 6. The molecule has 2 amide bonds. The normalized spacial score (nSPS) is 15.8. The maximum atomic E-state index is 13.6. The van der Waals surface area contributed by atoms with E-state index < -0.39 is 0 Å². The Bertz CT molecular complexity index is 2160. The fourth-order valence-electron chi connectivity index (χ4n) is 6.79. The molecule has 7 rings (SSSR count). The molecular weight excluding hydrogens is 703 g/mol. The van der Waals surface area contributed by atoms with E-state index in [2.05, 4.69) is 37.7 Å². The molecule has 270 valence electrons. The molecule has 0 unspecified atom stereocenters. The van der Waals surface area contributed by atoms with Crippen molar-refractivity contribution < 1.29 is 14.3 Å². The highest BCUT2D eigenvalue weighted by atomic mass is 35.5. The van der Waals surface area contributed by atoms with Gasteiger partial charge in [0.1, 0.15) is 0 Å². The average Bonchev–Trinajstić information content (AvgIpc) is 3.81. The van der Waals surface area contributed by atoms with Crippen molar-refractivity contribution in [3.8, 4) is 28.4 Å². The number of carbonyl (C=O) groups is 2. The molecule has 0 aliphatic carbocycles. The minimum Gasteiger partial charge on any atom is -0.481 e. The summed E-state index contributed by atoms with van der Waals surface area (Å²) in [5, 5.41) is 9.95. The first-order valence-corrected chi connectivity index (χ1v) is 17.9. The third-order valence-corrected chi connectivity index (χ3v) is 10.6. The molecule has 0 bridgehead atoms. The number of ether oxygens (including phenoxy) is 1. The summed E-state index contributed by atoms with van der Waals surface area (Å²) < 4.78 is 9.51. The van der Waals surface area contributed by atoms with Gasteiger partial charge in [0, 0.05) is 100.0 Å². The van der Waals surface area contributed by atoms with E-state index >= 15 is 0 Å². The third kappa shape index (κ3) is 7.13. The summed E-state index contributed by atoms with van der Waals surface area (Å²) >= 11 is 13.9. The zero-order chi connectivity index (χ0) is 36.5.